The monoisotopic (exact) mass is 388 g/mol. The molecule has 7 heteroatoms. The second kappa shape index (κ2) is 9.11. The summed E-state index contributed by atoms with van der Waals surface area (Å²) < 4.78 is 32.3. The predicted octanol–water partition coefficient (Wildman–Crippen LogP) is 3.59. The minimum absolute atomic E-state index is 0. The lowest BCUT2D eigenvalue weighted by atomic mass is 9.71. The van der Waals surface area contributed by atoms with Gasteiger partial charge < -0.3 is 15.4 Å². The molecule has 1 heterocycles. The average molecular weight is 389 g/mol. The Balaban J connectivity index is 0.00000243. The zero-order valence-electron chi connectivity index (χ0n) is 14.9. The van der Waals surface area contributed by atoms with Crippen molar-refractivity contribution < 1.29 is 18.3 Å². The van der Waals surface area contributed by atoms with E-state index in [2.05, 4.69) is 0 Å². The topological polar surface area (TPSA) is 55.6 Å². The van der Waals surface area contributed by atoms with Crippen LogP contribution in [0.15, 0.2) is 18.2 Å². The number of hydrogen-bond donors (Lipinski definition) is 1. The first-order chi connectivity index (χ1) is 12.0. The molecule has 1 amide bonds. The van der Waals surface area contributed by atoms with Crippen molar-refractivity contribution in [3.63, 3.8) is 0 Å². The molecule has 4 nitrogen and oxygen atoms in total. The van der Waals surface area contributed by atoms with Gasteiger partial charge in [-0.2, -0.15) is 0 Å². The maximum absolute atomic E-state index is 13.5. The highest BCUT2D eigenvalue weighted by Gasteiger charge is 2.35. The van der Waals surface area contributed by atoms with Gasteiger partial charge in [0.25, 0.3) is 0 Å². The normalized spacial score (nSPS) is 22.6. The first-order valence-corrected chi connectivity index (χ1v) is 9.07. The van der Waals surface area contributed by atoms with Crippen molar-refractivity contribution in [1.29, 1.82) is 0 Å². The molecular weight excluding hydrogens is 362 g/mol. The van der Waals surface area contributed by atoms with Crippen LogP contribution in [-0.2, 0) is 9.53 Å². The Bertz CT molecular complexity index is 624. The average Bonchev–Trinajstić information content (AvgIpc) is 2.65. The lowest BCUT2D eigenvalue weighted by Crippen LogP contribution is -2.45. The quantitative estimate of drug-likeness (QED) is 0.857. The van der Waals surface area contributed by atoms with E-state index >= 15 is 0 Å². The molecule has 0 radical (unpaired) electrons. The van der Waals surface area contributed by atoms with Gasteiger partial charge in [0.2, 0.25) is 5.91 Å². The molecule has 1 saturated carbocycles. The van der Waals surface area contributed by atoms with E-state index < -0.39 is 17.7 Å². The summed E-state index contributed by atoms with van der Waals surface area (Å²) in [5, 5.41) is 0. The van der Waals surface area contributed by atoms with Crippen LogP contribution in [0.5, 0.6) is 0 Å². The van der Waals surface area contributed by atoms with E-state index in [1.807, 2.05) is 0 Å². The number of rotatable bonds is 4. The van der Waals surface area contributed by atoms with Crippen LogP contribution in [0.1, 0.15) is 50.2 Å². The van der Waals surface area contributed by atoms with Gasteiger partial charge in [-0.1, -0.05) is 25.3 Å². The van der Waals surface area contributed by atoms with Crippen LogP contribution in [-0.4, -0.2) is 37.0 Å². The fraction of sp³-hybridized carbons (Fsp3) is 0.632. The number of nitrogens with two attached hydrogens (primary N) is 1. The van der Waals surface area contributed by atoms with Crippen molar-refractivity contribution in [2.75, 3.05) is 26.2 Å². The molecule has 1 unspecified atom stereocenters. The van der Waals surface area contributed by atoms with Gasteiger partial charge in [0.15, 0.2) is 11.6 Å². The van der Waals surface area contributed by atoms with E-state index in [9.17, 15) is 13.6 Å². The summed E-state index contributed by atoms with van der Waals surface area (Å²) in [6, 6.07) is 3.76. The SMILES string of the molecule is Cl.NCC1(CC(=O)N2CCOC(c3ccc(F)c(F)c3)C2)CCCCC1. The Morgan fingerprint density at radius 2 is 1.96 bits per heavy atom. The lowest BCUT2D eigenvalue weighted by molar-refractivity contribution is -0.142. The maximum Gasteiger partial charge on any atom is 0.223 e. The number of hydrogen-bond acceptors (Lipinski definition) is 3. The minimum atomic E-state index is -0.895. The number of carbonyl (C=O) groups excluding carboxylic acids is 1. The molecule has 2 aliphatic rings. The third-order valence-corrected chi connectivity index (χ3v) is 5.61. The Kier molecular flexibility index (Phi) is 7.38. The smallest absolute Gasteiger partial charge is 0.223 e. The zero-order valence-corrected chi connectivity index (χ0v) is 15.7. The van der Waals surface area contributed by atoms with Crippen molar-refractivity contribution in [3.8, 4) is 0 Å². The second-order valence-electron chi connectivity index (χ2n) is 7.31. The van der Waals surface area contributed by atoms with Crippen molar-refractivity contribution in [2.45, 2.75) is 44.6 Å². The largest absolute Gasteiger partial charge is 0.370 e. The van der Waals surface area contributed by atoms with E-state index in [1.165, 1.54) is 12.5 Å². The number of halogens is 3. The molecule has 146 valence electrons. The molecule has 2 N–H and O–H groups in total. The van der Waals surface area contributed by atoms with Gasteiger partial charge in [-0.15, -0.1) is 12.4 Å². The zero-order chi connectivity index (χ0) is 17.9. The summed E-state index contributed by atoms with van der Waals surface area (Å²) in [4.78, 5) is 14.6. The van der Waals surface area contributed by atoms with Gasteiger partial charge in [0, 0.05) is 13.0 Å². The second-order valence-corrected chi connectivity index (χ2v) is 7.31. The van der Waals surface area contributed by atoms with Crippen LogP contribution in [0.25, 0.3) is 0 Å². The first-order valence-electron chi connectivity index (χ1n) is 9.07. The molecular formula is C19H27ClF2N2O2. The summed E-state index contributed by atoms with van der Waals surface area (Å²) >= 11 is 0. The standard InChI is InChI=1S/C19H26F2N2O2.ClH/c20-15-5-4-14(10-16(15)21)17-12-23(8-9-25-17)18(24)11-19(13-22)6-2-1-3-7-19;/h4-5,10,17H,1-3,6-9,11-13,22H2;1H. The fourth-order valence-electron chi connectivity index (χ4n) is 3.98. The van der Waals surface area contributed by atoms with E-state index in [-0.39, 0.29) is 23.7 Å². The Labute approximate surface area is 159 Å². The Hall–Kier alpha value is -1.24. The molecule has 26 heavy (non-hydrogen) atoms. The third-order valence-electron chi connectivity index (χ3n) is 5.61. The predicted molar refractivity (Wildman–Crippen MR) is 98.1 cm³/mol. The Morgan fingerprint density at radius 1 is 1.23 bits per heavy atom. The van der Waals surface area contributed by atoms with E-state index in [4.69, 9.17) is 10.5 Å². The summed E-state index contributed by atoms with van der Waals surface area (Å²) in [5.41, 5.74) is 6.47. The molecule has 0 spiro atoms. The van der Waals surface area contributed by atoms with Crippen molar-refractivity contribution >= 4 is 18.3 Å². The molecule has 1 aliphatic heterocycles. The van der Waals surface area contributed by atoms with Crippen LogP contribution in [0, 0.1) is 17.0 Å². The van der Waals surface area contributed by atoms with Crippen LogP contribution in [0.4, 0.5) is 8.78 Å². The number of carbonyl (C=O) groups is 1. The fourth-order valence-corrected chi connectivity index (χ4v) is 3.98. The number of amides is 1. The van der Waals surface area contributed by atoms with Gasteiger partial charge in [-0.05, 0) is 42.5 Å². The highest BCUT2D eigenvalue weighted by molar-refractivity contribution is 5.85. The maximum atomic E-state index is 13.5. The number of morpholine rings is 1. The van der Waals surface area contributed by atoms with E-state index in [0.29, 0.717) is 38.2 Å². The first kappa shape index (κ1) is 21.1. The summed E-state index contributed by atoms with van der Waals surface area (Å²) in [5.74, 6) is -1.69. The van der Waals surface area contributed by atoms with Crippen molar-refractivity contribution in [1.82, 2.24) is 4.90 Å². The molecule has 1 aromatic carbocycles. The van der Waals surface area contributed by atoms with Crippen molar-refractivity contribution in [2.24, 2.45) is 11.1 Å². The number of benzene rings is 1. The van der Waals surface area contributed by atoms with Gasteiger partial charge in [0.1, 0.15) is 6.10 Å². The number of nitrogens with zero attached hydrogens (tertiary/aromatic N) is 1. The molecule has 2 fully saturated rings. The number of ether oxygens (including phenoxy) is 1. The minimum Gasteiger partial charge on any atom is -0.370 e. The van der Waals surface area contributed by atoms with Gasteiger partial charge in [0.05, 0.1) is 13.2 Å². The van der Waals surface area contributed by atoms with Gasteiger partial charge in [-0.25, -0.2) is 8.78 Å². The molecule has 1 aromatic rings. The molecule has 0 aromatic heterocycles. The summed E-state index contributed by atoms with van der Waals surface area (Å²) in [6.07, 6.45) is 5.53. The Morgan fingerprint density at radius 3 is 2.62 bits per heavy atom. The van der Waals surface area contributed by atoms with Gasteiger partial charge >= 0.3 is 0 Å². The molecule has 0 bridgehead atoms. The molecule has 1 atom stereocenters. The third kappa shape index (κ3) is 4.72. The highest BCUT2D eigenvalue weighted by Crippen LogP contribution is 2.39. The highest BCUT2D eigenvalue weighted by atomic mass is 35.5. The van der Waals surface area contributed by atoms with Crippen molar-refractivity contribution in [3.05, 3.63) is 35.4 Å². The van der Waals surface area contributed by atoms with Crippen LogP contribution in [0.3, 0.4) is 0 Å². The molecule has 1 aliphatic carbocycles. The van der Waals surface area contributed by atoms with Gasteiger partial charge in [-0.3, -0.25) is 4.79 Å². The van der Waals surface area contributed by atoms with Crippen LogP contribution >= 0.6 is 12.4 Å². The van der Waals surface area contributed by atoms with Crippen LogP contribution in [0.2, 0.25) is 0 Å². The summed E-state index contributed by atoms with van der Waals surface area (Å²) in [7, 11) is 0. The van der Waals surface area contributed by atoms with E-state index in [1.54, 1.807) is 4.90 Å². The summed E-state index contributed by atoms with van der Waals surface area (Å²) in [6.45, 7) is 1.82. The molecule has 1 saturated heterocycles. The van der Waals surface area contributed by atoms with E-state index in [0.717, 1.165) is 37.8 Å². The van der Waals surface area contributed by atoms with Crippen LogP contribution < -0.4 is 5.73 Å². The lowest BCUT2D eigenvalue weighted by Gasteiger charge is -2.39. The molecule has 3 rings (SSSR count).